The molecule has 6 nitrogen and oxygen atoms in total. The minimum Gasteiger partial charge on any atom is -0.339 e. The molecule has 0 unspecified atom stereocenters. The van der Waals surface area contributed by atoms with E-state index in [4.69, 9.17) is 26.7 Å². The average Bonchev–Trinajstić information content (AvgIpc) is 2.81. The van der Waals surface area contributed by atoms with Crippen molar-refractivity contribution in [1.29, 1.82) is 0 Å². The molecule has 0 spiro atoms. The third-order valence-electron chi connectivity index (χ3n) is 2.11. The predicted molar refractivity (Wildman–Crippen MR) is 59.7 cm³/mol. The molecule has 0 N–H and O–H groups in total. The van der Waals surface area contributed by atoms with Crippen LogP contribution in [0.25, 0.3) is 0 Å². The van der Waals surface area contributed by atoms with Gasteiger partial charge in [0.2, 0.25) is 0 Å². The van der Waals surface area contributed by atoms with E-state index in [0.29, 0.717) is 24.4 Å². The molecule has 1 aromatic rings. The molecule has 1 aliphatic rings. The molecule has 1 saturated heterocycles. The Labute approximate surface area is 103 Å². The molecule has 0 radical (unpaired) electrons. The van der Waals surface area contributed by atoms with E-state index in [1.165, 1.54) is 0 Å². The summed E-state index contributed by atoms with van der Waals surface area (Å²) in [4.78, 5) is 25.9. The summed E-state index contributed by atoms with van der Waals surface area (Å²) in [6, 6.07) is 5.50. The molecule has 1 aromatic heterocycles. The van der Waals surface area contributed by atoms with Crippen LogP contribution in [-0.4, -0.2) is 29.1 Å². The second kappa shape index (κ2) is 5.87. The van der Waals surface area contributed by atoms with Crippen LogP contribution in [0.1, 0.15) is 6.42 Å². The number of aromatic nitrogens is 1. The van der Waals surface area contributed by atoms with Gasteiger partial charge in [-0.05, 0) is 12.1 Å². The Balaban J connectivity index is 1.80. The summed E-state index contributed by atoms with van der Waals surface area (Å²) >= 11 is 5.10. The number of carbonyl (C=O) groups is 1. The number of rotatable bonds is 4. The molecule has 2 heterocycles. The first kappa shape index (κ1) is 12.2. The Morgan fingerprint density at radius 1 is 1.41 bits per heavy atom. The molecule has 0 amide bonds. The second-order valence-electron chi connectivity index (χ2n) is 3.34. The van der Waals surface area contributed by atoms with Crippen LogP contribution in [0.15, 0.2) is 24.4 Å². The topological polar surface area (TPSA) is 52.9 Å². The maximum atomic E-state index is 11.4. The van der Waals surface area contributed by atoms with Crippen LogP contribution >= 0.6 is 12.2 Å². The van der Waals surface area contributed by atoms with Crippen LogP contribution < -0.4 is 0 Å². The number of hydrogen-bond donors (Lipinski definition) is 0. The molecular weight excluding hydrogens is 244 g/mol. The van der Waals surface area contributed by atoms with Crippen molar-refractivity contribution in [2.24, 2.45) is 0 Å². The Kier molecular flexibility index (Phi) is 4.21. The third-order valence-corrected chi connectivity index (χ3v) is 2.48. The summed E-state index contributed by atoms with van der Waals surface area (Å²) in [6.07, 6.45) is 2.01. The molecule has 1 aliphatic heterocycles. The zero-order chi connectivity index (χ0) is 12.1. The van der Waals surface area contributed by atoms with Crippen molar-refractivity contribution in [3.63, 3.8) is 0 Å². The molecule has 0 aliphatic carbocycles. The molecule has 7 heteroatoms. The van der Waals surface area contributed by atoms with Gasteiger partial charge in [-0.2, -0.15) is 0 Å². The normalized spacial score (nSPS) is 16.0. The number of aryl methyl sites for hydroxylation is 1. The fraction of sp³-hybridized carbons (Fsp3) is 0.400. The molecule has 0 bridgehead atoms. The maximum Gasteiger partial charge on any atom is 0.332 e. The van der Waals surface area contributed by atoms with E-state index < -0.39 is 5.97 Å². The van der Waals surface area contributed by atoms with Gasteiger partial charge < -0.3 is 9.40 Å². The Morgan fingerprint density at radius 2 is 2.18 bits per heavy atom. The van der Waals surface area contributed by atoms with Crippen molar-refractivity contribution in [1.82, 2.24) is 9.96 Å². The van der Waals surface area contributed by atoms with Gasteiger partial charge in [0.15, 0.2) is 0 Å². The van der Waals surface area contributed by atoms with Crippen molar-refractivity contribution >= 4 is 18.2 Å². The number of nitrogens with zero attached hydrogens (tertiary/aromatic N) is 2. The largest absolute Gasteiger partial charge is 0.339 e. The Morgan fingerprint density at radius 3 is 2.88 bits per heavy atom. The van der Waals surface area contributed by atoms with Crippen LogP contribution in [0.5, 0.6) is 0 Å². The van der Waals surface area contributed by atoms with Gasteiger partial charge >= 0.3 is 5.97 Å². The van der Waals surface area contributed by atoms with E-state index in [2.05, 4.69) is 0 Å². The van der Waals surface area contributed by atoms with E-state index in [9.17, 15) is 4.79 Å². The lowest BCUT2D eigenvalue weighted by Gasteiger charge is -2.11. The van der Waals surface area contributed by atoms with Crippen molar-refractivity contribution in [2.45, 2.75) is 13.0 Å². The van der Waals surface area contributed by atoms with Gasteiger partial charge in [-0.25, -0.2) is 9.68 Å². The first-order valence-corrected chi connectivity index (χ1v) is 5.59. The van der Waals surface area contributed by atoms with Crippen molar-refractivity contribution in [3.05, 3.63) is 29.0 Å². The van der Waals surface area contributed by atoms with Crippen LogP contribution in [0.2, 0.25) is 0 Å². The van der Waals surface area contributed by atoms with Gasteiger partial charge in [-0.15, -0.1) is 0 Å². The van der Waals surface area contributed by atoms with Gasteiger partial charge in [-0.3, -0.25) is 4.79 Å². The maximum absolute atomic E-state index is 11.4. The van der Waals surface area contributed by atoms with Gasteiger partial charge in [-0.1, -0.05) is 18.3 Å². The zero-order valence-corrected chi connectivity index (χ0v) is 9.89. The number of hydrogen-bond acceptors (Lipinski definition) is 6. The van der Waals surface area contributed by atoms with Crippen molar-refractivity contribution < 1.29 is 19.3 Å². The SMILES string of the molecule is O=C(CCn1ccccc1=S)ON1OCCO1. The molecule has 1 fully saturated rings. The van der Waals surface area contributed by atoms with E-state index in [1.807, 2.05) is 18.3 Å². The lowest BCUT2D eigenvalue weighted by Crippen LogP contribution is -2.22. The standard InChI is InChI=1S/C10H12N2O4S/c13-10(16-12-14-7-8-15-12)4-6-11-5-2-1-3-9(11)17/h1-3,5H,4,6-8H2. The highest BCUT2D eigenvalue weighted by molar-refractivity contribution is 7.71. The van der Waals surface area contributed by atoms with Crippen LogP contribution in [0.4, 0.5) is 0 Å². The summed E-state index contributed by atoms with van der Waals surface area (Å²) in [5, 5.41) is 0.743. The lowest BCUT2D eigenvalue weighted by molar-refractivity contribution is -0.460. The van der Waals surface area contributed by atoms with Crippen molar-refractivity contribution in [2.75, 3.05) is 13.2 Å². The fourth-order valence-corrected chi connectivity index (χ4v) is 1.53. The van der Waals surface area contributed by atoms with Crippen molar-refractivity contribution in [3.8, 4) is 0 Å². The van der Waals surface area contributed by atoms with Gasteiger partial charge in [0.05, 0.1) is 6.42 Å². The third kappa shape index (κ3) is 3.60. The summed E-state index contributed by atoms with van der Waals surface area (Å²) < 4.78 is 2.47. The molecule has 0 atom stereocenters. The molecule has 2 rings (SSSR count). The fourth-order valence-electron chi connectivity index (χ4n) is 1.30. The van der Waals surface area contributed by atoms with E-state index >= 15 is 0 Å². The number of pyridine rings is 1. The smallest absolute Gasteiger partial charge is 0.332 e. The predicted octanol–water partition coefficient (Wildman–Crippen LogP) is 1.24. The van der Waals surface area contributed by atoms with Gasteiger partial charge in [0.25, 0.3) is 0 Å². The molecule has 17 heavy (non-hydrogen) atoms. The van der Waals surface area contributed by atoms with E-state index in [1.54, 1.807) is 10.6 Å². The summed E-state index contributed by atoms with van der Waals surface area (Å²) in [5.74, 6) is -0.433. The van der Waals surface area contributed by atoms with Gasteiger partial charge in [0.1, 0.15) is 23.2 Å². The quantitative estimate of drug-likeness (QED) is 0.756. The van der Waals surface area contributed by atoms with E-state index in [-0.39, 0.29) is 6.42 Å². The Hall–Kier alpha value is -1.28. The van der Waals surface area contributed by atoms with E-state index in [0.717, 1.165) is 5.39 Å². The second-order valence-corrected chi connectivity index (χ2v) is 3.75. The van der Waals surface area contributed by atoms with Gasteiger partial charge in [0, 0.05) is 12.7 Å². The first-order valence-electron chi connectivity index (χ1n) is 5.18. The average molecular weight is 256 g/mol. The van der Waals surface area contributed by atoms with Crippen LogP contribution in [0, 0.1) is 4.64 Å². The highest BCUT2D eigenvalue weighted by Gasteiger charge is 2.18. The number of carbonyl (C=O) groups excluding carboxylic acids is 1. The molecule has 0 aromatic carbocycles. The molecule has 92 valence electrons. The lowest BCUT2D eigenvalue weighted by atomic mass is 10.4. The monoisotopic (exact) mass is 256 g/mol. The highest BCUT2D eigenvalue weighted by atomic mass is 32.1. The summed E-state index contributed by atoms with van der Waals surface area (Å²) in [6.45, 7) is 1.24. The first-order chi connectivity index (χ1) is 8.25. The summed E-state index contributed by atoms with van der Waals surface area (Å²) in [7, 11) is 0. The summed E-state index contributed by atoms with van der Waals surface area (Å²) in [5.41, 5.74) is 0. The zero-order valence-electron chi connectivity index (χ0n) is 9.07. The van der Waals surface area contributed by atoms with Crippen LogP contribution in [-0.2, 0) is 25.9 Å². The highest BCUT2D eigenvalue weighted by Crippen LogP contribution is 2.04. The molecule has 0 saturated carbocycles. The minimum atomic E-state index is -0.433. The Bertz CT molecular complexity index is 442. The molecular formula is C10H12N2O4S. The minimum absolute atomic E-state index is 0.196. The van der Waals surface area contributed by atoms with Crippen LogP contribution in [0.3, 0.4) is 0 Å².